The van der Waals surface area contributed by atoms with E-state index in [9.17, 15) is 9.90 Å². The van der Waals surface area contributed by atoms with Crippen LogP contribution in [0.1, 0.15) is 36.0 Å². The lowest BCUT2D eigenvalue weighted by atomic mass is 9.93. The van der Waals surface area contributed by atoms with Crippen molar-refractivity contribution in [2.75, 3.05) is 0 Å². The van der Waals surface area contributed by atoms with Crippen molar-refractivity contribution in [2.45, 2.75) is 37.8 Å². The fourth-order valence-electron chi connectivity index (χ4n) is 2.69. The molecule has 3 rings (SSSR count). The Labute approximate surface area is 123 Å². The molecule has 0 saturated heterocycles. The van der Waals surface area contributed by atoms with Crippen LogP contribution < -0.4 is 5.32 Å². The van der Waals surface area contributed by atoms with E-state index in [4.69, 9.17) is 0 Å². The van der Waals surface area contributed by atoms with E-state index in [1.165, 1.54) is 0 Å². The highest BCUT2D eigenvalue weighted by molar-refractivity contribution is 5.94. The van der Waals surface area contributed by atoms with E-state index in [1.807, 2.05) is 35.0 Å². The molecule has 1 heterocycles. The molecule has 0 aliphatic heterocycles. The normalized spacial score (nSPS) is 22.0. The number of imidazole rings is 1. The molecule has 0 atom stereocenters. The molecular formula is C16H19N3O2. The first-order valence-corrected chi connectivity index (χ1v) is 7.30. The van der Waals surface area contributed by atoms with Crippen LogP contribution in [0.15, 0.2) is 43.0 Å². The first-order valence-electron chi connectivity index (χ1n) is 7.30. The number of aliphatic hydroxyl groups excluding tert-OH is 1. The van der Waals surface area contributed by atoms with Gasteiger partial charge in [-0.1, -0.05) is 0 Å². The summed E-state index contributed by atoms with van der Waals surface area (Å²) in [5.74, 6) is -0.0476. The van der Waals surface area contributed by atoms with Gasteiger partial charge in [0.2, 0.25) is 0 Å². The molecule has 2 N–H and O–H groups in total. The largest absolute Gasteiger partial charge is 0.393 e. The Hall–Kier alpha value is -2.14. The zero-order chi connectivity index (χ0) is 14.7. The zero-order valence-corrected chi connectivity index (χ0v) is 11.8. The van der Waals surface area contributed by atoms with Crippen molar-refractivity contribution in [1.29, 1.82) is 0 Å². The lowest BCUT2D eigenvalue weighted by Crippen LogP contribution is -2.38. The summed E-state index contributed by atoms with van der Waals surface area (Å²) < 4.78 is 1.89. The molecule has 0 radical (unpaired) electrons. The summed E-state index contributed by atoms with van der Waals surface area (Å²) in [6.45, 7) is 0. The molecule has 1 aromatic carbocycles. The van der Waals surface area contributed by atoms with E-state index in [1.54, 1.807) is 12.5 Å². The predicted molar refractivity (Wildman–Crippen MR) is 79.3 cm³/mol. The molecule has 1 aromatic heterocycles. The van der Waals surface area contributed by atoms with Crippen LogP contribution in [0, 0.1) is 0 Å². The predicted octanol–water partition coefficient (Wildman–Crippen LogP) is 1.91. The lowest BCUT2D eigenvalue weighted by Gasteiger charge is -2.26. The topological polar surface area (TPSA) is 67.2 Å². The standard InChI is InChI=1S/C16H19N3O2/c20-15-7-3-13(4-8-15)18-16(21)12-1-5-14(6-2-12)19-10-9-17-11-19/h1-2,5-6,9-11,13,15,20H,3-4,7-8H2,(H,18,21). The van der Waals surface area contributed by atoms with Gasteiger partial charge in [-0.3, -0.25) is 4.79 Å². The van der Waals surface area contributed by atoms with Crippen LogP contribution >= 0.6 is 0 Å². The average molecular weight is 285 g/mol. The number of nitrogens with zero attached hydrogens (tertiary/aromatic N) is 2. The summed E-state index contributed by atoms with van der Waals surface area (Å²) in [6.07, 6.45) is 8.34. The van der Waals surface area contributed by atoms with E-state index in [0.29, 0.717) is 5.56 Å². The molecule has 1 aliphatic rings. The highest BCUT2D eigenvalue weighted by Crippen LogP contribution is 2.19. The number of carbonyl (C=O) groups excluding carboxylic acids is 1. The fourth-order valence-corrected chi connectivity index (χ4v) is 2.69. The van der Waals surface area contributed by atoms with Crippen LogP contribution in [0.4, 0.5) is 0 Å². The van der Waals surface area contributed by atoms with Gasteiger partial charge in [-0.25, -0.2) is 4.98 Å². The third kappa shape index (κ3) is 3.31. The van der Waals surface area contributed by atoms with Crippen molar-refractivity contribution in [1.82, 2.24) is 14.9 Å². The van der Waals surface area contributed by atoms with Gasteiger partial charge in [0, 0.05) is 29.7 Å². The number of aliphatic hydroxyl groups is 1. The van der Waals surface area contributed by atoms with Gasteiger partial charge in [-0.2, -0.15) is 0 Å². The number of amides is 1. The van der Waals surface area contributed by atoms with Gasteiger partial charge in [-0.15, -0.1) is 0 Å². The van der Waals surface area contributed by atoms with E-state index in [-0.39, 0.29) is 18.1 Å². The van der Waals surface area contributed by atoms with Gasteiger partial charge >= 0.3 is 0 Å². The summed E-state index contributed by atoms with van der Waals surface area (Å²) in [5.41, 5.74) is 1.63. The summed E-state index contributed by atoms with van der Waals surface area (Å²) in [7, 11) is 0. The highest BCUT2D eigenvalue weighted by Gasteiger charge is 2.21. The Morgan fingerprint density at radius 1 is 1.19 bits per heavy atom. The first kappa shape index (κ1) is 13.8. The number of rotatable bonds is 3. The van der Waals surface area contributed by atoms with E-state index in [0.717, 1.165) is 31.4 Å². The summed E-state index contributed by atoms with van der Waals surface area (Å²) in [4.78, 5) is 16.2. The Morgan fingerprint density at radius 3 is 2.52 bits per heavy atom. The Bertz CT molecular complexity index is 584. The number of hydrogen-bond donors (Lipinski definition) is 2. The van der Waals surface area contributed by atoms with E-state index < -0.39 is 0 Å². The van der Waals surface area contributed by atoms with Crippen LogP contribution in [0.2, 0.25) is 0 Å². The van der Waals surface area contributed by atoms with Crippen LogP contribution in [-0.2, 0) is 0 Å². The van der Waals surface area contributed by atoms with Crippen molar-refractivity contribution in [3.8, 4) is 5.69 Å². The quantitative estimate of drug-likeness (QED) is 0.905. The van der Waals surface area contributed by atoms with Gasteiger partial charge in [0.1, 0.15) is 0 Å². The average Bonchev–Trinajstić information content (AvgIpc) is 3.04. The van der Waals surface area contributed by atoms with Gasteiger partial charge in [0.15, 0.2) is 0 Å². The minimum atomic E-state index is -0.201. The molecule has 5 nitrogen and oxygen atoms in total. The van der Waals surface area contributed by atoms with E-state index in [2.05, 4.69) is 10.3 Å². The Kier molecular flexibility index (Phi) is 4.01. The van der Waals surface area contributed by atoms with Gasteiger partial charge in [0.05, 0.1) is 12.4 Å². The van der Waals surface area contributed by atoms with Crippen LogP contribution in [0.5, 0.6) is 0 Å². The van der Waals surface area contributed by atoms with Crippen molar-refractivity contribution in [3.05, 3.63) is 48.5 Å². The van der Waals surface area contributed by atoms with Crippen molar-refractivity contribution in [2.24, 2.45) is 0 Å². The maximum atomic E-state index is 12.2. The first-order chi connectivity index (χ1) is 10.2. The highest BCUT2D eigenvalue weighted by atomic mass is 16.3. The van der Waals surface area contributed by atoms with Crippen LogP contribution in [0.3, 0.4) is 0 Å². The molecule has 0 unspecified atom stereocenters. The third-order valence-corrected chi connectivity index (χ3v) is 3.96. The summed E-state index contributed by atoms with van der Waals surface area (Å²) >= 11 is 0. The molecule has 110 valence electrons. The van der Waals surface area contributed by atoms with Crippen molar-refractivity contribution >= 4 is 5.91 Å². The van der Waals surface area contributed by atoms with Crippen LogP contribution in [0.25, 0.3) is 5.69 Å². The minimum Gasteiger partial charge on any atom is -0.393 e. The maximum absolute atomic E-state index is 12.2. The number of carbonyl (C=O) groups is 1. The second kappa shape index (κ2) is 6.10. The number of hydrogen-bond acceptors (Lipinski definition) is 3. The van der Waals surface area contributed by atoms with Crippen molar-refractivity contribution < 1.29 is 9.90 Å². The third-order valence-electron chi connectivity index (χ3n) is 3.96. The second-order valence-electron chi connectivity index (χ2n) is 5.50. The minimum absolute atomic E-state index is 0.0476. The Morgan fingerprint density at radius 2 is 1.90 bits per heavy atom. The number of aromatic nitrogens is 2. The molecule has 1 saturated carbocycles. The summed E-state index contributed by atoms with van der Waals surface area (Å²) in [6, 6.07) is 7.63. The molecular weight excluding hydrogens is 266 g/mol. The smallest absolute Gasteiger partial charge is 0.251 e. The second-order valence-corrected chi connectivity index (χ2v) is 5.50. The fraction of sp³-hybridized carbons (Fsp3) is 0.375. The van der Waals surface area contributed by atoms with Gasteiger partial charge in [0.25, 0.3) is 5.91 Å². The molecule has 2 aromatic rings. The molecule has 1 aliphatic carbocycles. The molecule has 0 bridgehead atoms. The van der Waals surface area contributed by atoms with E-state index >= 15 is 0 Å². The summed E-state index contributed by atoms with van der Waals surface area (Å²) in [5, 5.41) is 12.5. The molecule has 1 fully saturated rings. The number of benzene rings is 1. The molecule has 21 heavy (non-hydrogen) atoms. The van der Waals surface area contributed by atoms with Crippen LogP contribution in [-0.4, -0.2) is 32.7 Å². The van der Waals surface area contributed by atoms with Crippen molar-refractivity contribution in [3.63, 3.8) is 0 Å². The zero-order valence-electron chi connectivity index (χ0n) is 11.8. The molecule has 0 spiro atoms. The number of nitrogens with one attached hydrogen (secondary N) is 1. The molecule has 1 amide bonds. The van der Waals surface area contributed by atoms with Gasteiger partial charge < -0.3 is 15.0 Å². The maximum Gasteiger partial charge on any atom is 0.251 e. The lowest BCUT2D eigenvalue weighted by molar-refractivity contribution is 0.0867. The molecule has 5 heteroatoms. The van der Waals surface area contributed by atoms with Gasteiger partial charge in [-0.05, 0) is 49.9 Å². The monoisotopic (exact) mass is 285 g/mol. The SMILES string of the molecule is O=C(NC1CCC(O)CC1)c1ccc(-n2ccnc2)cc1. The Balaban J connectivity index is 1.62.